The molecule has 4 nitrogen and oxygen atoms in total. The topological polar surface area (TPSA) is 52.8 Å². The van der Waals surface area contributed by atoms with Crippen molar-refractivity contribution in [3.8, 4) is 17.5 Å². The summed E-state index contributed by atoms with van der Waals surface area (Å²) in [7, 11) is 0. The third-order valence-corrected chi connectivity index (χ3v) is 4.84. The molecule has 0 atom stereocenters. The largest absolute Gasteiger partial charge is 0.356 e. The molecule has 116 valence electrons. The number of nitriles is 1. The quantitative estimate of drug-likeness (QED) is 0.852. The van der Waals surface area contributed by atoms with Gasteiger partial charge < -0.3 is 4.90 Å². The van der Waals surface area contributed by atoms with E-state index in [0.29, 0.717) is 5.56 Å². The van der Waals surface area contributed by atoms with Crippen LogP contribution in [0.1, 0.15) is 42.5 Å². The van der Waals surface area contributed by atoms with Gasteiger partial charge in [0.1, 0.15) is 5.82 Å². The molecule has 2 heterocycles. The van der Waals surface area contributed by atoms with Gasteiger partial charge in [-0.15, -0.1) is 0 Å². The fraction of sp³-hybridized carbons (Fsp3) is 0.421. The Bertz CT molecular complexity index is 752. The Morgan fingerprint density at radius 1 is 0.913 bits per heavy atom. The van der Waals surface area contributed by atoms with Crippen LogP contribution in [-0.4, -0.2) is 23.1 Å². The van der Waals surface area contributed by atoms with Crippen LogP contribution in [0.5, 0.6) is 0 Å². The molecule has 0 saturated carbocycles. The highest BCUT2D eigenvalue weighted by Crippen LogP contribution is 2.32. The number of rotatable bonds is 2. The smallest absolute Gasteiger partial charge is 0.161 e. The van der Waals surface area contributed by atoms with Gasteiger partial charge in [0.25, 0.3) is 0 Å². The molecule has 1 saturated heterocycles. The number of aryl methyl sites for hydroxylation is 1. The van der Waals surface area contributed by atoms with Crippen molar-refractivity contribution in [2.45, 2.75) is 38.5 Å². The molecule has 0 N–H and O–H groups in total. The maximum absolute atomic E-state index is 8.95. The first-order valence-corrected chi connectivity index (χ1v) is 8.50. The first kappa shape index (κ1) is 14.2. The van der Waals surface area contributed by atoms with Gasteiger partial charge in [-0.2, -0.15) is 5.26 Å². The molecule has 1 fully saturated rings. The highest BCUT2D eigenvalue weighted by atomic mass is 15.2. The second-order valence-corrected chi connectivity index (χ2v) is 6.39. The molecule has 0 bridgehead atoms. The van der Waals surface area contributed by atoms with Gasteiger partial charge in [0.15, 0.2) is 5.82 Å². The van der Waals surface area contributed by atoms with Crippen molar-refractivity contribution >= 4 is 5.82 Å². The molecule has 0 spiro atoms. The molecule has 23 heavy (non-hydrogen) atoms. The van der Waals surface area contributed by atoms with Gasteiger partial charge in [-0.3, -0.25) is 0 Å². The third-order valence-electron chi connectivity index (χ3n) is 4.84. The summed E-state index contributed by atoms with van der Waals surface area (Å²) in [5.41, 5.74) is 4.26. The van der Waals surface area contributed by atoms with E-state index in [1.165, 1.54) is 36.9 Å². The molecule has 2 aliphatic rings. The van der Waals surface area contributed by atoms with Gasteiger partial charge in [-0.25, -0.2) is 9.97 Å². The van der Waals surface area contributed by atoms with E-state index in [9.17, 15) is 0 Å². The number of anilines is 1. The Hall–Kier alpha value is -2.41. The SMILES string of the molecule is N#Cc1ccc(-c2nc3c(c(N4CCCCC4)n2)CCC3)cc1. The molecular weight excluding hydrogens is 284 g/mol. The molecule has 0 unspecified atom stereocenters. The van der Waals surface area contributed by atoms with Crippen molar-refractivity contribution in [3.05, 3.63) is 41.1 Å². The maximum Gasteiger partial charge on any atom is 0.161 e. The lowest BCUT2D eigenvalue weighted by Crippen LogP contribution is -2.31. The minimum Gasteiger partial charge on any atom is -0.356 e. The van der Waals surface area contributed by atoms with Crippen molar-refractivity contribution in [1.82, 2.24) is 9.97 Å². The number of aromatic nitrogens is 2. The molecule has 0 radical (unpaired) electrons. The first-order valence-electron chi connectivity index (χ1n) is 8.50. The highest BCUT2D eigenvalue weighted by molar-refractivity contribution is 5.62. The number of hydrogen-bond donors (Lipinski definition) is 0. The van der Waals surface area contributed by atoms with Crippen molar-refractivity contribution in [1.29, 1.82) is 5.26 Å². The predicted molar refractivity (Wildman–Crippen MR) is 90.3 cm³/mol. The average molecular weight is 304 g/mol. The van der Waals surface area contributed by atoms with Gasteiger partial charge >= 0.3 is 0 Å². The molecule has 1 aromatic carbocycles. The number of hydrogen-bond acceptors (Lipinski definition) is 4. The molecule has 2 aromatic rings. The summed E-state index contributed by atoms with van der Waals surface area (Å²) in [6.45, 7) is 2.21. The zero-order valence-electron chi connectivity index (χ0n) is 13.3. The average Bonchev–Trinajstić information content (AvgIpc) is 3.10. The minimum absolute atomic E-state index is 0.672. The number of benzene rings is 1. The van der Waals surface area contributed by atoms with E-state index in [2.05, 4.69) is 11.0 Å². The normalized spacial score (nSPS) is 16.9. The molecule has 0 amide bonds. The van der Waals surface area contributed by atoms with E-state index in [1.54, 1.807) is 0 Å². The summed E-state index contributed by atoms with van der Waals surface area (Å²) in [5, 5.41) is 8.95. The standard InChI is InChI=1S/C19H20N4/c20-13-14-7-9-15(10-8-14)18-21-17-6-4-5-16(17)19(22-18)23-11-2-1-3-12-23/h7-10H,1-6,11-12H2. The summed E-state index contributed by atoms with van der Waals surface area (Å²) < 4.78 is 0. The molecular formula is C19H20N4. The number of piperidine rings is 1. The van der Waals surface area contributed by atoms with Gasteiger partial charge in [-0.1, -0.05) is 0 Å². The minimum atomic E-state index is 0.672. The van der Waals surface area contributed by atoms with Gasteiger partial charge in [0, 0.05) is 29.9 Å². The van der Waals surface area contributed by atoms with Crippen LogP contribution in [0, 0.1) is 11.3 Å². The molecule has 4 rings (SSSR count). The monoisotopic (exact) mass is 304 g/mol. The second-order valence-electron chi connectivity index (χ2n) is 6.39. The Kier molecular flexibility index (Phi) is 3.70. The Morgan fingerprint density at radius 2 is 1.70 bits per heavy atom. The number of nitrogens with zero attached hydrogens (tertiary/aromatic N) is 4. The lowest BCUT2D eigenvalue weighted by Gasteiger charge is -2.29. The van der Waals surface area contributed by atoms with Crippen LogP contribution >= 0.6 is 0 Å². The number of fused-ring (bicyclic) bond motifs is 1. The summed E-state index contributed by atoms with van der Waals surface area (Å²) in [6.07, 6.45) is 7.18. The molecule has 1 aliphatic heterocycles. The maximum atomic E-state index is 8.95. The van der Waals surface area contributed by atoms with E-state index >= 15 is 0 Å². The highest BCUT2D eigenvalue weighted by Gasteiger charge is 2.24. The molecule has 1 aromatic heterocycles. The van der Waals surface area contributed by atoms with Crippen LogP contribution < -0.4 is 4.90 Å². The fourth-order valence-corrected chi connectivity index (χ4v) is 3.60. The Balaban J connectivity index is 1.77. The van der Waals surface area contributed by atoms with Crippen LogP contribution in [-0.2, 0) is 12.8 Å². The lowest BCUT2D eigenvalue weighted by atomic mass is 10.1. The van der Waals surface area contributed by atoms with Crippen molar-refractivity contribution in [3.63, 3.8) is 0 Å². The summed E-state index contributed by atoms with van der Waals surface area (Å²) in [6, 6.07) is 9.75. The summed E-state index contributed by atoms with van der Waals surface area (Å²) >= 11 is 0. The lowest BCUT2D eigenvalue weighted by molar-refractivity contribution is 0.571. The Labute approximate surface area is 136 Å². The third kappa shape index (κ3) is 2.68. The van der Waals surface area contributed by atoms with E-state index in [-0.39, 0.29) is 0 Å². The van der Waals surface area contributed by atoms with E-state index in [1.807, 2.05) is 24.3 Å². The van der Waals surface area contributed by atoms with E-state index < -0.39 is 0 Å². The van der Waals surface area contributed by atoms with Crippen LogP contribution in [0.3, 0.4) is 0 Å². The zero-order chi connectivity index (χ0) is 15.6. The Morgan fingerprint density at radius 3 is 2.43 bits per heavy atom. The fourth-order valence-electron chi connectivity index (χ4n) is 3.60. The van der Waals surface area contributed by atoms with Crippen molar-refractivity contribution in [2.24, 2.45) is 0 Å². The predicted octanol–water partition coefficient (Wildman–Crippen LogP) is 3.49. The zero-order valence-corrected chi connectivity index (χ0v) is 13.3. The van der Waals surface area contributed by atoms with E-state index in [4.69, 9.17) is 15.2 Å². The van der Waals surface area contributed by atoms with E-state index in [0.717, 1.165) is 43.1 Å². The van der Waals surface area contributed by atoms with Gasteiger partial charge in [0.2, 0.25) is 0 Å². The first-order chi connectivity index (χ1) is 11.3. The van der Waals surface area contributed by atoms with Crippen molar-refractivity contribution in [2.75, 3.05) is 18.0 Å². The van der Waals surface area contributed by atoms with Crippen LogP contribution in [0.4, 0.5) is 5.82 Å². The van der Waals surface area contributed by atoms with Gasteiger partial charge in [0.05, 0.1) is 11.6 Å². The van der Waals surface area contributed by atoms with Crippen LogP contribution in [0.15, 0.2) is 24.3 Å². The summed E-state index contributed by atoms with van der Waals surface area (Å²) in [5.74, 6) is 1.96. The molecule has 4 heteroatoms. The second kappa shape index (κ2) is 6.00. The van der Waals surface area contributed by atoms with Crippen LogP contribution in [0.25, 0.3) is 11.4 Å². The summed E-state index contributed by atoms with van der Waals surface area (Å²) in [4.78, 5) is 12.2. The van der Waals surface area contributed by atoms with Crippen molar-refractivity contribution < 1.29 is 0 Å². The molecule has 1 aliphatic carbocycles. The van der Waals surface area contributed by atoms with Gasteiger partial charge in [-0.05, 0) is 62.8 Å². The van der Waals surface area contributed by atoms with Crippen LogP contribution in [0.2, 0.25) is 0 Å².